The minimum atomic E-state index is -4.76. The highest BCUT2D eigenvalue weighted by molar-refractivity contribution is 7.89. The van der Waals surface area contributed by atoms with Crippen molar-refractivity contribution in [2.75, 3.05) is 6.54 Å². The highest BCUT2D eigenvalue weighted by atomic mass is 32.2. The molecule has 2 aromatic carbocycles. The van der Waals surface area contributed by atoms with E-state index in [0.29, 0.717) is 17.7 Å². The van der Waals surface area contributed by atoms with Gasteiger partial charge in [0.1, 0.15) is 11.6 Å². The number of sulfonamides is 1. The van der Waals surface area contributed by atoms with Gasteiger partial charge in [-0.2, -0.15) is 8.78 Å². The van der Waals surface area contributed by atoms with Crippen molar-refractivity contribution in [2.45, 2.75) is 37.1 Å². The van der Waals surface area contributed by atoms with E-state index in [-0.39, 0.29) is 12.0 Å². The maximum absolute atomic E-state index is 15.1. The number of nitrogens with one attached hydrogen (secondary N) is 2. The third-order valence-corrected chi connectivity index (χ3v) is 6.90. The standard InChI is InChI=1S/C20H20F4N2O2S/c21-14-5-1-3-12(9-14)15-6-2-4-13(17(15)22)10-16-18(20(7-8-20)11-25-16)26-29(27,28)19(23)24/h1-6,9,16,18-19,25-26H,7-8,10-11H2/t16-,18+/m0/s1. The molecular formula is C20H20F4N2O2S. The molecule has 1 heterocycles. The van der Waals surface area contributed by atoms with Crippen molar-refractivity contribution in [3.63, 3.8) is 0 Å². The fourth-order valence-electron chi connectivity index (χ4n) is 4.12. The van der Waals surface area contributed by atoms with Gasteiger partial charge in [-0.25, -0.2) is 21.9 Å². The molecule has 0 aromatic heterocycles. The van der Waals surface area contributed by atoms with Crippen LogP contribution in [-0.2, 0) is 16.4 Å². The van der Waals surface area contributed by atoms with Crippen molar-refractivity contribution >= 4 is 10.0 Å². The Hall–Kier alpha value is -1.97. The van der Waals surface area contributed by atoms with E-state index in [0.717, 1.165) is 12.8 Å². The molecule has 2 atom stereocenters. The van der Waals surface area contributed by atoms with E-state index in [1.54, 1.807) is 18.2 Å². The Bertz CT molecular complexity index is 1020. The van der Waals surface area contributed by atoms with Crippen molar-refractivity contribution in [3.8, 4) is 11.1 Å². The normalized spacial score (nSPS) is 23.1. The molecule has 4 rings (SSSR count). The molecule has 4 nitrogen and oxygen atoms in total. The van der Waals surface area contributed by atoms with Crippen LogP contribution in [0.25, 0.3) is 11.1 Å². The van der Waals surface area contributed by atoms with Crippen LogP contribution in [0.2, 0.25) is 0 Å². The summed E-state index contributed by atoms with van der Waals surface area (Å²) in [5.41, 5.74) is 0.523. The van der Waals surface area contributed by atoms with Gasteiger partial charge in [-0.1, -0.05) is 30.3 Å². The fraction of sp³-hybridized carbons (Fsp3) is 0.400. The Labute approximate surface area is 166 Å². The summed E-state index contributed by atoms with van der Waals surface area (Å²) in [7, 11) is -4.76. The zero-order valence-electron chi connectivity index (χ0n) is 15.3. The van der Waals surface area contributed by atoms with Crippen LogP contribution >= 0.6 is 0 Å². The number of benzene rings is 2. The van der Waals surface area contributed by atoms with Crippen molar-refractivity contribution in [1.29, 1.82) is 0 Å². The van der Waals surface area contributed by atoms with E-state index in [9.17, 15) is 21.6 Å². The molecule has 0 bridgehead atoms. The third kappa shape index (κ3) is 3.91. The fourth-order valence-corrected chi connectivity index (χ4v) is 4.99. The number of rotatable bonds is 6. The first-order valence-electron chi connectivity index (χ1n) is 9.28. The quantitative estimate of drug-likeness (QED) is 0.693. The third-order valence-electron chi connectivity index (χ3n) is 5.85. The summed E-state index contributed by atoms with van der Waals surface area (Å²) in [6.07, 6.45) is 1.56. The molecule has 156 valence electrons. The lowest BCUT2D eigenvalue weighted by molar-refractivity contribution is 0.229. The number of halogens is 4. The highest BCUT2D eigenvalue weighted by Crippen LogP contribution is 2.52. The zero-order chi connectivity index (χ0) is 20.8. The lowest BCUT2D eigenvalue weighted by atomic mass is 9.91. The summed E-state index contributed by atoms with van der Waals surface area (Å²) in [6, 6.07) is 9.06. The van der Waals surface area contributed by atoms with Gasteiger partial charge >= 0.3 is 5.76 Å². The Morgan fingerprint density at radius 1 is 1.14 bits per heavy atom. The van der Waals surface area contributed by atoms with Crippen LogP contribution in [0.3, 0.4) is 0 Å². The second-order valence-electron chi connectivity index (χ2n) is 7.74. The topological polar surface area (TPSA) is 58.2 Å². The maximum Gasteiger partial charge on any atom is 0.350 e. The Morgan fingerprint density at radius 3 is 2.52 bits per heavy atom. The average Bonchev–Trinajstić information content (AvgIpc) is 3.38. The van der Waals surface area contributed by atoms with Crippen LogP contribution in [0.1, 0.15) is 18.4 Å². The Kier molecular flexibility index (Phi) is 5.16. The van der Waals surface area contributed by atoms with Gasteiger partial charge < -0.3 is 5.32 Å². The summed E-state index contributed by atoms with van der Waals surface area (Å²) in [5, 5.41) is 3.17. The van der Waals surface area contributed by atoms with Crippen molar-refractivity contribution < 1.29 is 26.0 Å². The second kappa shape index (κ2) is 7.37. The predicted octanol–water partition coefficient (Wildman–Crippen LogP) is 3.44. The van der Waals surface area contributed by atoms with Gasteiger partial charge in [-0.05, 0) is 42.5 Å². The van der Waals surface area contributed by atoms with Gasteiger partial charge in [-0.15, -0.1) is 0 Å². The molecule has 1 saturated carbocycles. The Balaban J connectivity index is 1.61. The van der Waals surface area contributed by atoms with Crippen molar-refractivity contribution in [1.82, 2.24) is 10.0 Å². The SMILES string of the molecule is O=S(=O)(N[C@@H]1[C@H](Cc2cccc(-c3cccc(F)c3)c2F)NCC12CC2)C(F)F. The van der Waals surface area contributed by atoms with Gasteiger partial charge in [0.05, 0.1) is 0 Å². The van der Waals surface area contributed by atoms with E-state index >= 15 is 4.39 Å². The highest BCUT2D eigenvalue weighted by Gasteiger charge is 2.57. The monoisotopic (exact) mass is 428 g/mol. The average molecular weight is 428 g/mol. The van der Waals surface area contributed by atoms with E-state index < -0.39 is 44.9 Å². The summed E-state index contributed by atoms with van der Waals surface area (Å²) in [5.74, 6) is -4.54. The summed E-state index contributed by atoms with van der Waals surface area (Å²) >= 11 is 0. The van der Waals surface area contributed by atoms with Crippen LogP contribution in [0.5, 0.6) is 0 Å². The predicted molar refractivity (Wildman–Crippen MR) is 101 cm³/mol. The van der Waals surface area contributed by atoms with Gasteiger partial charge in [0, 0.05) is 29.6 Å². The van der Waals surface area contributed by atoms with Crippen LogP contribution < -0.4 is 10.0 Å². The van der Waals surface area contributed by atoms with Crippen LogP contribution in [-0.4, -0.2) is 32.8 Å². The maximum atomic E-state index is 15.1. The van der Waals surface area contributed by atoms with Gasteiger partial charge in [0.2, 0.25) is 0 Å². The van der Waals surface area contributed by atoms with Crippen LogP contribution in [0.4, 0.5) is 17.6 Å². The molecule has 1 aliphatic carbocycles. The van der Waals surface area contributed by atoms with Gasteiger partial charge in [-0.3, -0.25) is 0 Å². The smallest absolute Gasteiger partial charge is 0.311 e. The molecule has 1 spiro atoms. The molecule has 2 aliphatic rings. The number of hydrogen-bond donors (Lipinski definition) is 2. The molecule has 1 saturated heterocycles. The molecule has 2 fully saturated rings. The van der Waals surface area contributed by atoms with E-state index in [1.165, 1.54) is 24.3 Å². The zero-order valence-corrected chi connectivity index (χ0v) is 16.2. The number of hydrogen-bond acceptors (Lipinski definition) is 3. The second-order valence-corrected chi connectivity index (χ2v) is 9.43. The Morgan fingerprint density at radius 2 is 1.86 bits per heavy atom. The minimum Gasteiger partial charge on any atom is -0.311 e. The first kappa shape index (κ1) is 20.3. The van der Waals surface area contributed by atoms with E-state index in [1.807, 2.05) is 0 Å². The van der Waals surface area contributed by atoms with Crippen molar-refractivity contribution in [3.05, 3.63) is 59.7 Å². The number of alkyl halides is 2. The molecule has 1 aliphatic heterocycles. The first-order chi connectivity index (χ1) is 13.7. The summed E-state index contributed by atoms with van der Waals surface area (Å²) < 4.78 is 80.0. The molecule has 9 heteroatoms. The van der Waals surface area contributed by atoms with E-state index in [2.05, 4.69) is 10.0 Å². The van der Waals surface area contributed by atoms with Crippen LogP contribution in [0.15, 0.2) is 42.5 Å². The minimum absolute atomic E-state index is 0.118. The molecule has 2 N–H and O–H groups in total. The van der Waals surface area contributed by atoms with Gasteiger partial charge in [0.15, 0.2) is 0 Å². The van der Waals surface area contributed by atoms with Crippen LogP contribution in [0, 0.1) is 17.0 Å². The lowest BCUT2D eigenvalue weighted by Gasteiger charge is -2.25. The molecular weight excluding hydrogens is 408 g/mol. The largest absolute Gasteiger partial charge is 0.350 e. The lowest BCUT2D eigenvalue weighted by Crippen LogP contribution is -2.49. The molecule has 2 aromatic rings. The molecule has 0 amide bonds. The molecule has 0 unspecified atom stereocenters. The van der Waals surface area contributed by atoms with Gasteiger partial charge in [0.25, 0.3) is 10.0 Å². The molecule has 0 radical (unpaired) electrons. The molecule has 29 heavy (non-hydrogen) atoms. The summed E-state index contributed by atoms with van der Waals surface area (Å²) in [4.78, 5) is 0. The van der Waals surface area contributed by atoms with Crippen molar-refractivity contribution in [2.24, 2.45) is 5.41 Å². The van der Waals surface area contributed by atoms with E-state index in [4.69, 9.17) is 0 Å². The first-order valence-corrected chi connectivity index (χ1v) is 10.8. The summed E-state index contributed by atoms with van der Waals surface area (Å²) in [6.45, 7) is 0.485.